The van der Waals surface area contributed by atoms with E-state index in [2.05, 4.69) is 21.2 Å². The van der Waals surface area contributed by atoms with Crippen molar-refractivity contribution in [2.45, 2.75) is 10.1 Å². The minimum Gasteiger partial charge on any atom is -0.399 e. The number of nitrogens with two attached hydrogens (primary N) is 1. The molecular formula is C20H17BrN2OS. The number of rotatable bonds is 5. The second-order valence-electron chi connectivity index (χ2n) is 5.47. The second-order valence-corrected chi connectivity index (χ2v) is 7.57. The highest BCUT2D eigenvalue weighted by molar-refractivity contribution is 9.10. The van der Waals surface area contributed by atoms with E-state index in [0.717, 1.165) is 20.6 Å². The van der Waals surface area contributed by atoms with E-state index in [9.17, 15) is 4.79 Å². The molecule has 25 heavy (non-hydrogen) atoms. The maximum atomic E-state index is 12.9. The Morgan fingerprint density at radius 3 is 2.20 bits per heavy atom. The SMILES string of the molecule is Nc1ccc(SC(C(=O)Nc2ccc(Br)cc2)c2ccccc2)cc1. The van der Waals surface area contributed by atoms with Gasteiger partial charge in [0, 0.05) is 20.7 Å². The molecule has 0 saturated heterocycles. The van der Waals surface area contributed by atoms with Crippen LogP contribution in [0, 0.1) is 0 Å². The molecule has 0 heterocycles. The predicted octanol–water partition coefficient (Wildman–Crippen LogP) is 5.50. The van der Waals surface area contributed by atoms with Gasteiger partial charge in [0.25, 0.3) is 0 Å². The molecule has 3 aromatic rings. The summed E-state index contributed by atoms with van der Waals surface area (Å²) in [5.74, 6) is -0.0599. The van der Waals surface area contributed by atoms with Crippen LogP contribution in [-0.4, -0.2) is 5.91 Å². The van der Waals surface area contributed by atoms with Crippen LogP contribution in [0.4, 0.5) is 11.4 Å². The minimum atomic E-state index is -0.353. The molecule has 126 valence electrons. The average Bonchev–Trinajstić information content (AvgIpc) is 2.64. The number of anilines is 2. The maximum absolute atomic E-state index is 12.9. The zero-order valence-corrected chi connectivity index (χ0v) is 15.8. The summed E-state index contributed by atoms with van der Waals surface area (Å²) < 4.78 is 0.973. The molecule has 0 saturated carbocycles. The smallest absolute Gasteiger partial charge is 0.242 e. The fourth-order valence-electron chi connectivity index (χ4n) is 2.32. The summed E-state index contributed by atoms with van der Waals surface area (Å²) in [6.45, 7) is 0. The highest BCUT2D eigenvalue weighted by atomic mass is 79.9. The number of nitrogen functional groups attached to an aromatic ring is 1. The van der Waals surface area contributed by atoms with Gasteiger partial charge in [0.05, 0.1) is 0 Å². The summed E-state index contributed by atoms with van der Waals surface area (Å²) in [7, 11) is 0. The Morgan fingerprint density at radius 1 is 0.920 bits per heavy atom. The molecule has 0 bridgehead atoms. The molecule has 5 heteroatoms. The lowest BCUT2D eigenvalue weighted by molar-refractivity contribution is -0.115. The number of halogens is 1. The van der Waals surface area contributed by atoms with Crippen LogP contribution in [0.3, 0.4) is 0 Å². The van der Waals surface area contributed by atoms with E-state index in [1.807, 2.05) is 78.9 Å². The third-order valence-electron chi connectivity index (χ3n) is 3.59. The first-order chi connectivity index (χ1) is 12.1. The molecule has 1 amide bonds. The van der Waals surface area contributed by atoms with Gasteiger partial charge >= 0.3 is 0 Å². The lowest BCUT2D eigenvalue weighted by Gasteiger charge is -2.17. The topological polar surface area (TPSA) is 55.1 Å². The molecule has 3 rings (SSSR count). The minimum absolute atomic E-state index is 0.0599. The zero-order valence-electron chi connectivity index (χ0n) is 13.4. The fourth-order valence-corrected chi connectivity index (χ4v) is 3.61. The van der Waals surface area contributed by atoms with Crippen molar-refractivity contribution in [3.05, 3.63) is 88.9 Å². The third kappa shape index (κ3) is 4.87. The van der Waals surface area contributed by atoms with E-state index in [1.54, 1.807) is 0 Å². The highest BCUT2D eigenvalue weighted by Crippen LogP contribution is 2.36. The standard InChI is InChI=1S/C20H17BrN2OS/c21-15-6-10-17(11-7-15)23-20(24)19(14-4-2-1-3-5-14)25-18-12-8-16(22)9-13-18/h1-13,19H,22H2,(H,23,24). The molecule has 1 unspecified atom stereocenters. The van der Waals surface area contributed by atoms with Crippen molar-refractivity contribution in [3.8, 4) is 0 Å². The summed E-state index contributed by atoms with van der Waals surface area (Å²) in [5, 5.41) is 2.64. The van der Waals surface area contributed by atoms with Crippen LogP contribution in [-0.2, 0) is 4.79 Å². The lowest BCUT2D eigenvalue weighted by atomic mass is 10.1. The van der Waals surface area contributed by atoms with Crippen LogP contribution in [0.1, 0.15) is 10.8 Å². The van der Waals surface area contributed by atoms with Crippen LogP contribution < -0.4 is 11.1 Å². The van der Waals surface area contributed by atoms with Gasteiger partial charge in [0.15, 0.2) is 0 Å². The van der Waals surface area contributed by atoms with Crippen molar-refractivity contribution in [2.24, 2.45) is 0 Å². The van der Waals surface area contributed by atoms with Crippen LogP contribution >= 0.6 is 27.7 Å². The Bertz CT molecular complexity index is 836. The van der Waals surface area contributed by atoms with E-state index >= 15 is 0 Å². The summed E-state index contributed by atoms with van der Waals surface area (Å²) in [6.07, 6.45) is 0. The molecule has 0 aliphatic rings. The van der Waals surface area contributed by atoms with Crippen LogP contribution in [0.25, 0.3) is 0 Å². The lowest BCUT2D eigenvalue weighted by Crippen LogP contribution is -2.19. The molecule has 3 nitrogen and oxygen atoms in total. The maximum Gasteiger partial charge on any atom is 0.242 e. The molecule has 0 aromatic heterocycles. The van der Waals surface area contributed by atoms with Crippen molar-refractivity contribution >= 4 is 45.0 Å². The largest absolute Gasteiger partial charge is 0.399 e. The number of amides is 1. The van der Waals surface area contributed by atoms with E-state index in [4.69, 9.17) is 5.73 Å². The molecule has 1 atom stereocenters. The first-order valence-corrected chi connectivity index (χ1v) is 9.43. The quantitative estimate of drug-likeness (QED) is 0.429. The molecule has 0 radical (unpaired) electrons. The number of hydrogen-bond donors (Lipinski definition) is 2. The van der Waals surface area contributed by atoms with Crippen molar-refractivity contribution in [3.63, 3.8) is 0 Å². The van der Waals surface area contributed by atoms with Crippen molar-refractivity contribution in [1.82, 2.24) is 0 Å². The first-order valence-electron chi connectivity index (χ1n) is 7.75. The number of hydrogen-bond acceptors (Lipinski definition) is 3. The molecule has 0 aliphatic carbocycles. The number of nitrogens with one attached hydrogen (secondary N) is 1. The van der Waals surface area contributed by atoms with Crippen molar-refractivity contribution in [1.29, 1.82) is 0 Å². The Morgan fingerprint density at radius 2 is 1.56 bits per heavy atom. The van der Waals surface area contributed by atoms with Crippen LogP contribution in [0.15, 0.2) is 88.2 Å². The fraction of sp³-hybridized carbons (Fsp3) is 0.0500. The van der Waals surface area contributed by atoms with Gasteiger partial charge in [-0.2, -0.15) is 0 Å². The van der Waals surface area contributed by atoms with Crippen molar-refractivity contribution in [2.75, 3.05) is 11.1 Å². The van der Waals surface area contributed by atoms with E-state index in [0.29, 0.717) is 5.69 Å². The Kier molecular flexibility index (Phi) is 5.79. The summed E-state index contributed by atoms with van der Waals surface area (Å²) in [5.41, 5.74) is 8.19. The molecule has 0 spiro atoms. The number of thioether (sulfide) groups is 1. The number of carbonyl (C=O) groups excluding carboxylic acids is 1. The molecule has 3 aromatic carbocycles. The van der Waals surface area contributed by atoms with E-state index < -0.39 is 0 Å². The summed E-state index contributed by atoms with van der Waals surface area (Å²) >= 11 is 4.90. The number of benzene rings is 3. The van der Waals surface area contributed by atoms with Gasteiger partial charge in [0.1, 0.15) is 5.25 Å². The van der Waals surface area contributed by atoms with Crippen LogP contribution in [0.5, 0.6) is 0 Å². The van der Waals surface area contributed by atoms with Gasteiger partial charge in [-0.1, -0.05) is 46.3 Å². The van der Waals surface area contributed by atoms with Gasteiger partial charge < -0.3 is 11.1 Å². The summed E-state index contributed by atoms with van der Waals surface area (Å²) in [6, 6.07) is 24.9. The molecule has 0 fully saturated rings. The van der Waals surface area contributed by atoms with Gasteiger partial charge in [0.2, 0.25) is 5.91 Å². The Hall–Kier alpha value is -2.24. The van der Waals surface area contributed by atoms with Crippen LogP contribution in [0.2, 0.25) is 0 Å². The Balaban J connectivity index is 1.83. The van der Waals surface area contributed by atoms with Gasteiger partial charge in [-0.3, -0.25) is 4.79 Å². The monoisotopic (exact) mass is 412 g/mol. The van der Waals surface area contributed by atoms with Crippen molar-refractivity contribution < 1.29 is 4.79 Å². The zero-order chi connectivity index (χ0) is 17.6. The molecule has 0 aliphatic heterocycles. The number of carbonyl (C=O) groups is 1. The second kappa shape index (κ2) is 8.23. The van der Waals surface area contributed by atoms with Gasteiger partial charge in [-0.15, -0.1) is 11.8 Å². The first kappa shape index (κ1) is 17.6. The normalized spacial score (nSPS) is 11.7. The van der Waals surface area contributed by atoms with Gasteiger partial charge in [-0.25, -0.2) is 0 Å². The summed E-state index contributed by atoms with van der Waals surface area (Å²) in [4.78, 5) is 13.9. The molecule has 3 N–H and O–H groups in total. The third-order valence-corrected chi connectivity index (χ3v) is 5.38. The predicted molar refractivity (Wildman–Crippen MR) is 109 cm³/mol. The molecular weight excluding hydrogens is 396 g/mol. The van der Waals surface area contributed by atoms with E-state index in [1.165, 1.54) is 11.8 Å². The highest BCUT2D eigenvalue weighted by Gasteiger charge is 2.22. The Labute approximate surface area is 159 Å². The average molecular weight is 413 g/mol. The van der Waals surface area contributed by atoms with E-state index in [-0.39, 0.29) is 11.2 Å². The van der Waals surface area contributed by atoms with Gasteiger partial charge in [-0.05, 0) is 54.1 Å².